The van der Waals surface area contributed by atoms with Crippen molar-refractivity contribution in [2.24, 2.45) is 0 Å². The Kier molecular flexibility index (Phi) is 5.47. The van der Waals surface area contributed by atoms with Crippen LogP contribution in [0.1, 0.15) is 24.6 Å². The second-order valence-corrected chi connectivity index (χ2v) is 6.37. The molecule has 0 spiro atoms. The fourth-order valence-electron chi connectivity index (χ4n) is 2.93. The molecule has 0 aliphatic carbocycles. The number of aryl methyl sites for hydroxylation is 2. The SMILES string of the molecule is CCn1cc(-c2cc(C(F)F)c3c(=O)[nH]c(=S)n(CCOC)c3n2)c(C)n1. The molecular weight excluding hydrogens is 376 g/mol. The van der Waals surface area contributed by atoms with E-state index in [4.69, 9.17) is 17.0 Å². The van der Waals surface area contributed by atoms with Gasteiger partial charge in [0, 0.05) is 31.0 Å². The Labute approximate surface area is 158 Å². The van der Waals surface area contributed by atoms with E-state index < -0.39 is 12.0 Å². The molecule has 0 aliphatic heterocycles. The highest BCUT2D eigenvalue weighted by Gasteiger charge is 2.21. The van der Waals surface area contributed by atoms with Crippen molar-refractivity contribution < 1.29 is 13.5 Å². The maximum Gasteiger partial charge on any atom is 0.264 e. The van der Waals surface area contributed by atoms with Gasteiger partial charge in [-0.15, -0.1) is 0 Å². The quantitative estimate of drug-likeness (QED) is 0.649. The van der Waals surface area contributed by atoms with Crippen molar-refractivity contribution in [1.29, 1.82) is 0 Å². The summed E-state index contributed by atoms with van der Waals surface area (Å²) in [6, 6.07) is 1.25. The third-order valence-electron chi connectivity index (χ3n) is 4.28. The summed E-state index contributed by atoms with van der Waals surface area (Å²) in [5, 5.41) is 4.17. The van der Waals surface area contributed by atoms with Crippen LogP contribution in [0.15, 0.2) is 17.1 Å². The molecule has 0 amide bonds. The topological polar surface area (TPSA) is 77.7 Å². The fourth-order valence-corrected chi connectivity index (χ4v) is 3.20. The number of aromatic nitrogens is 5. The van der Waals surface area contributed by atoms with Crippen molar-refractivity contribution in [3.63, 3.8) is 0 Å². The molecule has 7 nitrogen and oxygen atoms in total. The molecule has 27 heavy (non-hydrogen) atoms. The van der Waals surface area contributed by atoms with Gasteiger partial charge in [0.05, 0.1) is 29.9 Å². The van der Waals surface area contributed by atoms with Crippen LogP contribution < -0.4 is 5.56 Å². The van der Waals surface area contributed by atoms with Crippen molar-refractivity contribution in [3.8, 4) is 11.3 Å². The average Bonchev–Trinajstić information content (AvgIpc) is 3.01. The van der Waals surface area contributed by atoms with Gasteiger partial charge < -0.3 is 9.30 Å². The molecule has 0 saturated carbocycles. The summed E-state index contributed by atoms with van der Waals surface area (Å²) < 4.78 is 35.9. The van der Waals surface area contributed by atoms with Crippen LogP contribution in [-0.2, 0) is 17.8 Å². The van der Waals surface area contributed by atoms with Crippen molar-refractivity contribution in [3.05, 3.63) is 38.6 Å². The van der Waals surface area contributed by atoms with E-state index >= 15 is 0 Å². The van der Waals surface area contributed by atoms with E-state index in [-0.39, 0.29) is 34.5 Å². The molecule has 0 atom stereocenters. The zero-order valence-electron chi connectivity index (χ0n) is 15.1. The standard InChI is InChI=1S/C17H19F2N5O2S/c1-4-23-8-11(9(2)22-23)12-7-10(14(18)19)13-15(20-12)24(5-6-26-3)17(27)21-16(13)25/h7-8,14H,4-6H2,1-3H3,(H,21,25,27). The maximum atomic E-state index is 13.8. The number of pyridine rings is 1. The molecule has 144 valence electrons. The largest absolute Gasteiger partial charge is 0.383 e. The van der Waals surface area contributed by atoms with Gasteiger partial charge in [-0.25, -0.2) is 13.8 Å². The van der Waals surface area contributed by atoms with Gasteiger partial charge in [-0.2, -0.15) is 5.10 Å². The van der Waals surface area contributed by atoms with E-state index in [9.17, 15) is 13.6 Å². The van der Waals surface area contributed by atoms with E-state index in [2.05, 4.69) is 15.1 Å². The number of methoxy groups -OCH3 is 1. The van der Waals surface area contributed by atoms with E-state index in [1.54, 1.807) is 17.8 Å². The molecule has 0 aliphatic rings. The fraction of sp³-hybridized carbons (Fsp3) is 0.412. The summed E-state index contributed by atoms with van der Waals surface area (Å²) in [5.74, 6) is 0. The highest BCUT2D eigenvalue weighted by molar-refractivity contribution is 7.71. The molecule has 3 rings (SSSR count). The Morgan fingerprint density at radius 3 is 2.74 bits per heavy atom. The van der Waals surface area contributed by atoms with E-state index in [1.807, 2.05) is 6.92 Å². The number of nitrogens with one attached hydrogen (secondary N) is 1. The van der Waals surface area contributed by atoms with Crippen LogP contribution in [0, 0.1) is 11.7 Å². The predicted octanol–water partition coefficient (Wildman–Crippen LogP) is 3.23. The van der Waals surface area contributed by atoms with Crippen molar-refractivity contribution in [2.75, 3.05) is 13.7 Å². The van der Waals surface area contributed by atoms with Crippen molar-refractivity contribution >= 4 is 23.3 Å². The number of rotatable bonds is 6. The minimum absolute atomic E-state index is 0.107. The lowest BCUT2D eigenvalue weighted by molar-refractivity contribution is 0.153. The van der Waals surface area contributed by atoms with Crippen LogP contribution in [0.2, 0.25) is 0 Å². The number of halogens is 2. The minimum atomic E-state index is -2.84. The zero-order valence-corrected chi connectivity index (χ0v) is 15.9. The number of alkyl halides is 2. The van der Waals surface area contributed by atoms with Crippen LogP contribution in [0.4, 0.5) is 8.78 Å². The molecule has 3 aromatic heterocycles. The predicted molar refractivity (Wildman–Crippen MR) is 99.7 cm³/mol. The Morgan fingerprint density at radius 2 is 2.15 bits per heavy atom. The molecule has 0 saturated heterocycles. The lowest BCUT2D eigenvalue weighted by Crippen LogP contribution is -2.19. The number of H-pyrrole nitrogens is 1. The van der Waals surface area contributed by atoms with Crippen molar-refractivity contribution in [2.45, 2.75) is 33.4 Å². The first kappa shape index (κ1) is 19.3. The van der Waals surface area contributed by atoms with Crippen LogP contribution in [0.25, 0.3) is 22.3 Å². The lowest BCUT2D eigenvalue weighted by Gasteiger charge is -2.14. The first-order valence-corrected chi connectivity index (χ1v) is 8.77. The van der Waals surface area contributed by atoms with E-state index in [1.165, 1.54) is 17.7 Å². The third-order valence-corrected chi connectivity index (χ3v) is 4.60. The molecule has 0 bridgehead atoms. The lowest BCUT2D eigenvalue weighted by atomic mass is 10.1. The summed E-state index contributed by atoms with van der Waals surface area (Å²) in [5.41, 5.74) is 0.652. The van der Waals surface area contributed by atoms with Crippen molar-refractivity contribution in [1.82, 2.24) is 24.3 Å². The van der Waals surface area contributed by atoms with Gasteiger partial charge in [0.1, 0.15) is 5.65 Å². The summed E-state index contributed by atoms with van der Waals surface area (Å²) >= 11 is 5.21. The van der Waals surface area contributed by atoms with Crippen LogP contribution >= 0.6 is 12.2 Å². The summed E-state index contributed by atoms with van der Waals surface area (Å²) in [6.07, 6.45) is -1.09. The van der Waals surface area contributed by atoms with Gasteiger partial charge in [0.15, 0.2) is 4.77 Å². The number of hydrogen-bond donors (Lipinski definition) is 1. The minimum Gasteiger partial charge on any atom is -0.383 e. The van der Waals surface area contributed by atoms with Gasteiger partial charge in [-0.3, -0.25) is 14.5 Å². The van der Waals surface area contributed by atoms with Gasteiger partial charge >= 0.3 is 0 Å². The van der Waals surface area contributed by atoms with Crippen LogP contribution in [0.5, 0.6) is 0 Å². The van der Waals surface area contributed by atoms with Gasteiger partial charge in [-0.1, -0.05) is 0 Å². The Hall–Kier alpha value is -2.46. The Balaban J connectivity index is 2.39. The number of nitrogens with zero attached hydrogens (tertiary/aromatic N) is 4. The van der Waals surface area contributed by atoms with Crippen LogP contribution in [0.3, 0.4) is 0 Å². The smallest absolute Gasteiger partial charge is 0.264 e. The Bertz CT molecular complexity index is 1100. The molecule has 1 N–H and O–H groups in total. The van der Waals surface area contributed by atoms with Gasteiger partial charge in [0.2, 0.25) is 0 Å². The number of aromatic amines is 1. The average molecular weight is 395 g/mol. The molecule has 0 aromatic carbocycles. The molecule has 3 aromatic rings. The third kappa shape index (κ3) is 3.54. The first-order chi connectivity index (χ1) is 12.9. The van der Waals surface area contributed by atoms with Gasteiger partial charge in [-0.05, 0) is 32.1 Å². The molecule has 0 radical (unpaired) electrons. The van der Waals surface area contributed by atoms with E-state index in [0.717, 1.165) is 0 Å². The Morgan fingerprint density at radius 1 is 1.41 bits per heavy atom. The number of fused-ring (bicyclic) bond motifs is 1. The first-order valence-electron chi connectivity index (χ1n) is 8.36. The normalized spacial score (nSPS) is 11.6. The maximum absolute atomic E-state index is 13.8. The molecule has 10 heteroatoms. The highest BCUT2D eigenvalue weighted by Crippen LogP contribution is 2.30. The molecule has 0 fully saturated rings. The summed E-state index contributed by atoms with van der Waals surface area (Å²) in [7, 11) is 1.52. The van der Waals surface area contributed by atoms with E-state index in [0.29, 0.717) is 23.5 Å². The molecular formula is C17H19F2N5O2S. The molecule has 3 heterocycles. The number of hydrogen-bond acceptors (Lipinski definition) is 5. The monoisotopic (exact) mass is 395 g/mol. The highest BCUT2D eigenvalue weighted by atomic mass is 32.1. The summed E-state index contributed by atoms with van der Waals surface area (Å²) in [6.45, 7) is 4.91. The molecule has 0 unspecified atom stereocenters. The van der Waals surface area contributed by atoms with Crippen LogP contribution in [-0.4, -0.2) is 38.0 Å². The second-order valence-electron chi connectivity index (χ2n) is 5.98. The zero-order chi connectivity index (χ0) is 19.7. The summed E-state index contributed by atoms with van der Waals surface area (Å²) in [4.78, 5) is 19.3. The second kappa shape index (κ2) is 7.65. The van der Waals surface area contributed by atoms with Gasteiger partial charge in [0.25, 0.3) is 12.0 Å². The number of ether oxygens (including phenoxy) is 1.